The molecule has 0 aliphatic heterocycles. The van der Waals surface area contributed by atoms with Crippen molar-refractivity contribution in [3.8, 4) is 11.4 Å². The first kappa shape index (κ1) is 14.1. The number of fused-ring (bicyclic) bond motifs is 1. The second-order valence-corrected chi connectivity index (χ2v) is 5.65. The van der Waals surface area contributed by atoms with Crippen molar-refractivity contribution in [2.24, 2.45) is 0 Å². The first-order chi connectivity index (χ1) is 9.84. The van der Waals surface area contributed by atoms with Crippen LogP contribution in [0.3, 0.4) is 0 Å². The Morgan fingerprint density at radius 3 is 2.52 bits per heavy atom. The lowest BCUT2D eigenvalue weighted by Crippen LogP contribution is -2.04. The zero-order chi connectivity index (χ0) is 15.2. The van der Waals surface area contributed by atoms with Crippen molar-refractivity contribution < 1.29 is 13.2 Å². The number of benzene rings is 2. The van der Waals surface area contributed by atoms with Crippen LogP contribution in [0.2, 0.25) is 0 Å². The van der Waals surface area contributed by atoms with Gasteiger partial charge in [0.25, 0.3) is 0 Å². The number of H-pyrrole nitrogens is 1. The van der Waals surface area contributed by atoms with Gasteiger partial charge in [0.05, 0.1) is 16.6 Å². The van der Waals surface area contributed by atoms with Gasteiger partial charge < -0.3 is 4.98 Å². The summed E-state index contributed by atoms with van der Waals surface area (Å²) < 4.78 is 39.0. The highest BCUT2D eigenvalue weighted by Crippen LogP contribution is 2.33. The summed E-state index contributed by atoms with van der Waals surface area (Å²) in [7, 11) is 0. The lowest BCUT2D eigenvalue weighted by atomic mass is 10.1. The van der Waals surface area contributed by atoms with E-state index in [4.69, 9.17) is 0 Å². The average Bonchev–Trinajstić information content (AvgIpc) is 2.79. The monoisotopic (exact) mass is 354 g/mol. The molecule has 1 heterocycles. The molecule has 0 aliphatic carbocycles. The van der Waals surface area contributed by atoms with Crippen LogP contribution in [-0.2, 0) is 6.18 Å². The fourth-order valence-corrected chi connectivity index (χ4v) is 2.81. The van der Waals surface area contributed by atoms with Crippen LogP contribution in [0.5, 0.6) is 0 Å². The number of hydrogen-bond acceptors (Lipinski definition) is 1. The average molecular weight is 355 g/mol. The van der Waals surface area contributed by atoms with Crippen LogP contribution in [0.15, 0.2) is 40.9 Å². The van der Waals surface area contributed by atoms with Gasteiger partial charge in [0, 0.05) is 10.0 Å². The Morgan fingerprint density at radius 2 is 1.86 bits per heavy atom. The van der Waals surface area contributed by atoms with Crippen molar-refractivity contribution >= 4 is 27.0 Å². The molecule has 0 saturated carbocycles. The van der Waals surface area contributed by atoms with Gasteiger partial charge in [-0.1, -0.05) is 22.0 Å². The third-order valence-corrected chi connectivity index (χ3v) is 3.85. The van der Waals surface area contributed by atoms with E-state index in [2.05, 4.69) is 25.9 Å². The van der Waals surface area contributed by atoms with Gasteiger partial charge in [0.2, 0.25) is 0 Å². The van der Waals surface area contributed by atoms with E-state index in [1.54, 1.807) is 0 Å². The summed E-state index contributed by atoms with van der Waals surface area (Å²) in [5.41, 5.74) is 2.08. The Balaban J connectivity index is 2.13. The molecule has 0 atom stereocenters. The molecule has 0 fully saturated rings. The fraction of sp³-hybridized carbons (Fsp3) is 0.133. The minimum absolute atomic E-state index is 0.368. The fourth-order valence-electron chi connectivity index (χ4n) is 2.13. The SMILES string of the molecule is Cc1ccc(-c2nc3ccc(C(F)(F)F)cc3[nH]2)c(Br)c1. The highest BCUT2D eigenvalue weighted by atomic mass is 79.9. The van der Waals surface area contributed by atoms with E-state index >= 15 is 0 Å². The van der Waals surface area contributed by atoms with E-state index in [1.807, 2.05) is 25.1 Å². The van der Waals surface area contributed by atoms with Crippen LogP contribution in [0.25, 0.3) is 22.4 Å². The van der Waals surface area contributed by atoms with Gasteiger partial charge in [-0.05, 0) is 42.8 Å². The zero-order valence-corrected chi connectivity index (χ0v) is 12.5. The molecular weight excluding hydrogens is 345 g/mol. The molecule has 2 aromatic carbocycles. The van der Waals surface area contributed by atoms with Gasteiger partial charge in [-0.15, -0.1) is 0 Å². The molecule has 1 aromatic heterocycles. The molecule has 0 unspecified atom stereocenters. The molecule has 0 saturated heterocycles. The third-order valence-electron chi connectivity index (χ3n) is 3.19. The second kappa shape index (κ2) is 4.87. The van der Waals surface area contributed by atoms with Gasteiger partial charge in [-0.2, -0.15) is 13.2 Å². The van der Waals surface area contributed by atoms with E-state index in [0.717, 1.165) is 27.7 Å². The van der Waals surface area contributed by atoms with Crippen LogP contribution in [0, 0.1) is 6.92 Å². The van der Waals surface area contributed by atoms with Crippen LogP contribution in [0.4, 0.5) is 13.2 Å². The predicted molar refractivity (Wildman–Crippen MR) is 79.0 cm³/mol. The van der Waals surface area contributed by atoms with Gasteiger partial charge in [-0.3, -0.25) is 0 Å². The maximum absolute atomic E-state index is 12.7. The minimum atomic E-state index is -4.36. The molecule has 0 amide bonds. The number of aryl methyl sites for hydroxylation is 1. The van der Waals surface area contributed by atoms with Gasteiger partial charge >= 0.3 is 6.18 Å². The Hall–Kier alpha value is -1.82. The zero-order valence-electron chi connectivity index (χ0n) is 10.9. The first-order valence-electron chi connectivity index (χ1n) is 6.18. The minimum Gasteiger partial charge on any atom is -0.338 e. The number of nitrogens with one attached hydrogen (secondary N) is 1. The van der Waals surface area contributed by atoms with Gasteiger partial charge in [-0.25, -0.2) is 4.98 Å². The summed E-state index contributed by atoms with van der Waals surface area (Å²) in [5, 5.41) is 0. The van der Waals surface area contributed by atoms with E-state index in [0.29, 0.717) is 16.9 Å². The maximum Gasteiger partial charge on any atom is 0.416 e. The number of rotatable bonds is 1. The molecule has 108 valence electrons. The van der Waals surface area contributed by atoms with Crippen LogP contribution >= 0.6 is 15.9 Å². The number of nitrogens with zero attached hydrogens (tertiary/aromatic N) is 1. The highest BCUT2D eigenvalue weighted by molar-refractivity contribution is 9.10. The van der Waals surface area contributed by atoms with E-state index in [1.165, 1.54) is 6.07 Å². The molecule has 21 heavy (non-hydrogen) atoms. The number of aromatic amines is 1. The molecule has 0 aliphatic rings. The maximum atomic E-state index is 12.7. The highest BCUT2D eigenvalue weighted by Gasteiger charge is 2.30. The van der Waals surface area contributed by atoms with Crippen molar-refractivity contribution in [1.29, 1.82) is 0 Å². The summed E-state index contributed by atoms with van der Waals surface area (Å²) in [6.07, 6.45) is -4.36. The van der Waals surface area contributed by atoms with E-state index in [-0.39, 0.29) is 0 Å². The standard InChI is InChI=1S/C15H10BrF3N2/c1-8-2-4-10(11(16)6-8)14-20-12-5-3-9(15(17,18)19)7-13(12)21-14/h2-7H,1H3,(H,20,21). The van der Waals surface area contributed by atoms with Crippen molar-refractivity contribution in [1.82, 2.24) is 9.97 Å². The van der Waals surface area contributed by atoms with Gasteiger partial charge in [0.1, 0.15) is 5.82 Å². The summed E-state index contributed by atoms with van der Waals surface area (Å²) in [4.78, 5) is 7.29. The summed E-state index contributed by atoms with van der Waals surface area (Å²) in [5.74, 6) is 0.538. The number of alkyl halides is 3. The first-order valence-corrected chi connectivity index (χ1v) is 6.97. The van der Waals surface area contributed by atoms with Crippen molar-refractivity contribution in [3.05, 3.63) is 52.0 Å². The Morgan fingerprint density at radius 1 is 1.10 bits per heavy atom. The molecular formula is C15H10BrF3N2. The molecule has 0 bridgehead atoms. The molecule has 3 rings (SSSR count). The summed E-state index contributed by atoms with van der Waals surface area (Å²) in [6, 6.07) is 9.23. The summed E-state index contributed by atoms with van der Waals surface area (Å²) >= 11 is 3.45. The Bertz CT molecular complexity index is 821. The smallest absolute Gasteiger partial charge is 0.338 e. The molecule has 6 heteroatoms. The lowest BCUT2D eigenvalue weighted by molar-refractivity contribution is -0.137. The molecule has 1 N–H and O–H groups in total. The quantitative estimate of drug-likeness (QED) is 0.629. The normalized spacial score (nSPS) is 12.0. The van der Waals surface area contributed by atoms with Crippen molar-refractivity contribution in [2.75, 3.05) is 0 Å². The molecule has 3 aromatic rings. The van der Waals surface area contributed by atoms with Crippen LogP contribution < -0.4 is 0 Å². The number of halogens is 4. The Kier molecular flexibility index (Phi) is 3.28. The molecule has 2 nitrogen and oxygen atoms in total. The van der Waals surface area contributed by atoms with E-state index < -0.39 is 11.7 Å². The van der Waals surface area contributed by atoms with Crippen molar-refractivity contribution in [3.63, 3.8) is 0 Å². The number of hydrogen-bond donors (Lipinski definition) is 1. The topological polar surface area (TPSA) is 28.7 Å². The van der Waals surface area contributed by atoms with Crippen molar-refractivity contribution in [2.45, 2.75) is 13.1 Å². The van der Waals surface area contributed by atoms with Crippen LogP contribution in [0.1, 0.15) is 11.1 Å². The molecule has 0 spiro atoms. The molecule has 0 radical (unpaired) electrons. The largest absolute Gasteiger partial charge is 0.416 e. The lowest BCUT2D eigenvalue weighted by Gasteiger charge is -2.05. The number of imidazole rings is 1. The Labute approximate surface area is 127 Å². The second-order valence-electron chi connectivity index (χ2n) is 4.80. The van der Waals surface area contributed by atoms with E-state index in [9.17, 15) is 13.2 Å². The predicted octanol–water partition coefficient (Wildman–Crippen LogP) is 5.32. The summed E-state index contributed by atoms with van der Waals surface area (Å²) in [6.45, 7) is 1.96. The number of aromatic nitrogens is 2. The van der Waals surface area contributed by atoms with Crippen LogP contribution in [-0.4, -0.2) is 9.97 Å². The third kappa shape index (κ3) is 2.68. The van der Waals surface area contributed by atoms with Gasteiger partial charge in [0.15, 0.2) is 0 Å².